The lowest BCUT2D eigenvalue weighted by Gasteiger charge is -2.34. The summed E-state index contributed by atoms with van der Waals surface area (Å²) < 4.78 is 0. The van der Waals surface area contributed by atoms with E-state index in [9.17, 15) is 9.59 Å². The molecule has 2 aromatic rings. The summed E-state index contributed by atoms with van der Waals surface area (Å²) in [6, 6.07) is 5.48. The second kappa shape index (κ2) is 9.43. The first-order valence-electron chi connectivity index (χ1n) is 8.97. The molecule has 3 heterocycles. The first-order chi connectivity index (χ1) is 13.1. The molecule has 0 bridgehead atoms. The number of nitrogens with one attached hydrogen (secondary N) is 2. The van der Waals surface area contributed by atoms with Gasteiger partial charge >= 0.3 is 0 Å². The van der Waals surface area contributed by atoms with Gasteiger partial charge in [0.25, 0.3) is 5.91 Å². The molecule has 2 N–H and O–H groups in total. The summed E-state index contributed by atoms with van der Waals surface area (Å²) in [7, 11) is 0. The first kappa shape index (κ1) is 19.2. The molecular weight excluding hydrogens is 364 g/mol. The fourth-order valence-electron chi connectivity index (χ4n) is 2.85. The Hall–Kier alpha value is -2.52. The molecule has 0 radical (unpaired) electrons. The SMILES string of the molecule is Cc1ccc(C(=O)NCC(=O)NCCN2CCN(c3ncccn3)CC2)s1. The minimum absolute atomic E-state index is 0.00505. The zero-order valence-corrected chi connectivity index (χ0v) is 16.2. The lowest BCUT2D eigenvalue weighted by atomic mass is 10.3. The van der Waals surface area contributed by atoms with E-state index >= 15 is 0 Å². The Morgan fingerprint density at radius 3 is 2.52 bits per heavy atom. The molecule has 1 aliphatic heterocycles. The van der Waals surface area contributed by atoms with Crippen LogP contribution in [0, 0.1) is 6.92 Å². The number of amides is 2. The standard InChI is InChI=1S/C18H24N6O2S/c1-14-3-4-15(27-14)17(26)22-13-16(25)19-7-8-23-9-11-24(12-10-23)18-20-5-2-6-21-18/h2-6H,7-13H2,1H3,(H,19,25)(H,22,26). The minimum atomic E-state index is -0.206. The van der Waals surface area contributed by atoms with Crippen molar-refractivity contribution >= 4 is 29.1 Å². The smallest absolute Gasteiger partial charge is 0.261 e. The van der Waals surface area contributed by atoms with Gasteiger partial charge in [-0.1, -0.05) is 0 Å². The lowest BCUT2D eigenvalue weighted by molar-refractivity contribution is -0.120. The Balaban J connectivity index is 1.30. The number of aryl methyl sites for hydroxylation is 1. The van der Waals surface area contributed by atoms with Crippen molar-refractivity contribution in [2.75, 3.05) is 50.7 Å². The molecule has 0 atom stereocenters. The molecule has 27 heavy (non-hydrogen) atoms. The van der Waals surface area contributed by atoms with Crippen LogP contribution in [0.1, 0.15) is 14.5 Å². The second-order valence-corrected chi connectivity index (χ2v) is 7.61. The van der Waals surface area contributed by atoms with Gasteiger partial charge in [0, 0.05) is 56.5 Å². The predicted octanol–water partition coefficient (Wildman–Crippen LogP) is 0.515. The van der Waals surface area contributed by atoms with Crippen LogP contribution in [0.3, 0.4) is 0 Å². The molecule has 1 saturated heterocycles. The molecule has 0 unspecified atom stereocenters. The van der Waals surface area contributed by atoms with Gasteiger partial charge in [-0.05, 0) is 25.1 Å². The van der Waals surface area contributed by atoms with Crippen molar-refractivity contribution in [2.45, 2.75) is 6.92 Å². The number of anilines is 1. The summed E-state index contributed by atoms with van der Waals surface area (Å²) in [4.78, 5) is 38.5. The van der Waals surface area contributed by atoms with Crippen LogP contribution in [0.4, 0.5) is 5.95 Å². The Bertz CT molecular complexity index is 758. The van der Waals surface area contributed by atoms with E-state index < -0.39 is 0 Å². The summed E-state index contributed by atoms with van der Waals surface area (Å²) >= 11 is 1.42. The average molecular weight is 388 g/mol. The Morgan fingerprint density at radius 1 is 1.11 bits per heavy atom. The average Bonchev–Trinajstić information content (AvgIpc) is 3.14. The molecule has 3 rings (SSSR count). The van der Waals surface area contributed by atoms with E-state index in [1.165, 1.54) is 11.3 Å². The zero-order chi connectivity index (χ0) is 19.1. The predicted molar refractivity (Wildman–Crippen MR) is 105 cm³/mol. The largest absolute Gasteiger partial charge is 0.353 e. The molecular formula is C18H24N6O2S. The Morgan fingerprint density at radius 2 is 1.85 bits per heavy atom. The van der Waals surface area contributed by atoms with Crippen molar-refractivity contribution < 1.29 is 9.59 Å². The van der Waals surface area contributed by atoms with Gasteiger partial charge in [0.15, 0.2) is 0 Å². The van der Waals surface area contributed by atoms with E-state index in [0.717, 1.165) is 43.5 Å². The van der Waals surface area contributed by atoms with Gasteiger partial charge < -0.3 is 15.5 Å². The Labute approximate surface area is 162 Å². The Kier molecular flexibility index (Phi) is 6.72. The van der Waals surface area contributed by atoms with Crippen molar-refractivity contribution in [3.8, 4) is 0 Å². The van der Waals surface area contributed by atoms with E-state index in [1.54, 1.807) is 18.5 Å². The van der Waals surface area contributed by atoms with E-state index in [0.29, 0.717) is 11.4 Å². The third-order valence-corrected chi connectivity index (χ3v) is 5.33. The monoisotopic (exact) mass is 388 g/mol. The van der Waals surface area contributed by atoms with Crippen LogP contribution in [-0.4, -0.2) is 72.5 Å². The van der Waals surface area contributed by atoms with Gasteiger partial charge in [0.05, 0.1) is 11.4 Å². The highest BCUT2D eigenvalue weighted by atomic mass is 32.1. The van der Waals surface area contributed by atoms with E-state index in [-0.39, 0.29) is 18.4 Å². The molecule has 0 aromatic carbocycles. The quantitative estimate of drug-likeness (QED) is 0.719. The van der Waals surface area contributed by atoms with Gasteiger partial charge in [-0.2, -0.15) is 0 Å². The molecule has 8 nitrogen and oxygen atoms in total. The highest BCUT2D eigenvalue weighted by molar-refractivity contribution is 7.13. The fourth-order valence-corrected chi connectivity index (χ4v) is 3.63. The van der Waals surface area contributed by atoms with Crippen LogP contribution < -0.4 is 15.5 Å². The minimum Gasteiger partial charge on any atom is -0.353 e. The zero-order valence-electron chi connectivity index (χ0n) is 15.4. The molecule has 0 saturated carbocycles. The van der Waals surface area contributed by atoms with Gasteiger partial charge in [0.2, 0.25) is 11.9 Å². The number of carbonyl (C=O) groups excluding carboxylic acids is 2. The van der Waals surface area contributed by atoms with Gasteiger partial charge in [0.1, 0.15) is 0 Å². The lowest BCUT2D eigenvalue weighted by Crippen LogP contribution is -2.49. The van der Waals surface area contributed by atoms with Crippen molar-refractivity contribution in [1.29, 1.82) is 0 Å². The number of hydrogen-bond donors (Lipinski definition) is 2. The molecule has 0 aliphatic carbocycles. The summed E-state index contributed by atoms with van der Waals surface area (Å²) in [5.74, 6) is 0.387. The topological polar surface area (TPSA) is 90.5 Å². The molecule has 0 spiro atoms. The summed E-state index contributed by atoms with van der Waals surface area (Å²) in [5.41, 5.74) is 0. The summed E-state index contributed by atoms with van der Waals surface area (Å²) in [5, 5.41) is 5.50. The first-order valence-corrected chi connectivity index (χ1v) is 9.79. The molecule has 2 amide bonds. The molecule has 1 aliphatic rings. The maximum atomic E-state index is 11.9. The van der Waals surface area contributed by atoms with Crippen LogP contribution in [0.2, 0.25) is 0 Å². The van der Waals surface area contributed by atoms with Gasteiger partial charge in [-0.25, -0.2) is 9.97 Å². The van der Waals surface area contributed by atoms with Crippen molar-refractivity contribution in [1.82, 2.24) is 25.5 Å². The van der Waals surface area contributed by atoms with Crippen molar-refractivity contribution in [3.63, 3.8) is 0 Å². The maximum Gasteiger partial charge on any atom is 0.261 e. The summed E-state index contributed by atoms with van der Waals surface area (Å²) in [6.07, 6.45) is 3.51. The normalized spacial score (nSPS) is 14.8. The number of rotatable bonds is 7. The van der Waals surface area contributed by atoms with Crippen LogP contribution in [0.25, 0.3) is 0 Å². The third kappa shape index (κ3) is 5.73. The summed E-state index contributed by atoms with van der Waals surface area (Å²) in [6.45, 7) is 6.84. The number of carbonyl (C=O) groups is 2. The molecule has 9 heteroatoms. The van der Waals surface area contributed by atoms with Crippen LogP contribution in [-0.2, 0) is 4.79 Å². The van der Waals surface area contributed by atoms with Gasteiger partial charge in [-0.15, -0.1) is 11.3 Å². The van der Waals surface area contributed by atoms with E-state index in [1.807, 2.05) is 19.1 Å². The second-order valence-electron chi connectivity index (χ2n) is 6.32. The van der Waals surface area contributed by atoms with Crippen LogP contribution >= 0.6 is 11.3 Å². The highest BCUT2D eigenvalue weighted by Crippen LogP contribution is 2.14. The number of nitrogens with zero attached hydrogens (tertiary/aromatic N) is 4. The van der Waals surface area contributed by atoms with Crippen LogP contribution in [0.15, 0.2) is 30.6 Å². The molecule has 144 valence electrons. The third-order valence-electron chi connectivity index (χ3n) is 4.33. The highest BCUT2D eigenvalue weighted by Gasteiger charge is 2.18. The van der Waals surface area contributed by atoms with E-state index in [2.05, 4.69) is 30.4 Å². The van der Waals surface area contributed by atoms with Crippen molar-refractivity contribution in [2.24, 2.45) is 0 Å². The molecule has 1 fully saturated rings. The van der Waals surface area contributed by atoms with E-state index in [4.69, 9.17) is 0 Å². The van der Waals surface area contributed by atoms with Crippen LogP contribution in [0.5, 0.6) is 0 Å². The maximum absolute atomic E-state index is 11.9. The number of hydrogen-bond acceptors (Lipinski definition) is 7. The van der Waals surface area contributed by atoms with Crippen molar-refractivity contribution in [3.05, 3.63) is 40.3 Å². The number of piperazine rings is 1. The molecule has 2 aromatic heterocycles. The fraction of sp³-hybridized carbons (Fsp3) is 0.444. The number of aromatic nitrogens is 2. The number of thiophene rings is 1. The van der Waals surface area contributed by atoms with Gasteiger partial charge in [-0.3, -0.25) is 14.5 Å².